The third-order valence-electron chi connectivity index (χ3n) is 17.7. The number of aromatic nitrogens is 3. The molecule has 3 heterocycles. The molecule has 0 spiro atoms. The Hall–Kier alpha value is -11.0. The second kappa shape index (κ2) is 24.0. The Kier molecular flexibility index (Phi) is 14.8. The molecular formula is C85H58BBrN3. The lowest BCUT2D eigenvalue weighted by Crippen LogP contribution is -1.95. The minimum absolute atomic E-state index is 0. The molecule has 1 aliphatic rings. The summed E-state index contributed by atoms with van der Waals surface area (Å²) in [6, 6.07) is 122. The van der Waals surface area contributed by atoms with Crippen LogP contribution < -0.4 is 0 Å². The predicted octanol–water partition coefficient (Wildman–Crippen LogP) is 23.0. The van der Waals surface area contributed by atoms with Gasteiger partial charge < -0.3 is 13.7 Å². The number of halogens is 1. The molecule has 3 nitrogen and oxygen atoms in total. The van der Waals surface area contributed by atoms with E-state index in [9.17, 15) is 0 Å². The highest BCUT2D eigenvalue weighted by molar-refractivity contribution is 9.10. The molecule has 0 bridgehead atoms. The summed E-state index contributed by atoms with van der Waals surface area (Å²) in [5.74, 6) is 0. The van der Waals surface area contributed by atoms with Gasteiger partial charge in [0.1, 0.15) is 0 Å². The van der Waals surface area contributed by atoms with E-state index in [1.165, 1.54) is 138 Å². The molecule has 0 aliphatic heterocycles. The molecule has 90 heavy (non-hydrogen) atoms. The summed E-state index contributed by atoms with van der Waals surface area (Å²) in [7, 11) is 0. The van der Waals surface area contributed by atoms with E-state index in [2.05, 4.69) is 363 Å². The minimum Gasteiger partial charge on any atom is -0.309 e. The summed E-state index contributed by atoms with van der Waals surface area (Å²) in [5, 5.41) is 7.81. The summed E-state index contributed by atoms with van der Waals surface area (Å²) < 4.78 is 8.37. The number of hydrogen-bond donors (Lipinski definition) is 0. The molecular weight excluding hydrogens is 1150 g/mol. The van der Waals surface area contributed by atoms with Gasteiger partial charge in [-0.25, -0.2) is 0 Å². The van der Waals surface area contributed by atoms with Crippen LogP contribution in [0, 0.1) is 0 Å². The molecule has 0 N–H and O–H groups in total. The summed E-state index contributed by atoms with van der Waals surface area (Å²) in [4.78, 5) is 0. The molecule has 17 aromatic rings. The largest absolute Gasteiger partial charge is 0.309 e. The number of rotatable bonds is 7. The Morgan fingerprint density at radius 1 is 0.222 bits per heavy atom. The van der Waals surface area contributed by atoms with E-state index in [1.807, 2.05) is 6.07 Å². The van der Waals surface area contributed by atoms with Crippen molar-refractivity contribution in [3.63, 3.8) is 0 Å². The van der Waals surface area contributed by atoms with Crippen molar-refractivity contribution in [1.82, 2.24) is 13.7 Å². The maximum absolute atomic E-state index is 3.42. The Balaban J connectivity index is 0.000000128. The molecule has 1 aliphatic carbocycles. The molecule has 3 radical (unpaired) electrons. The molecule has 5 heteroatoms. The van der Waals surface area contributed by atoms with Crippen LogP contribution in [0.5, 0.6) is 0 Å². The number of hydrogen-bond acceptors (Lipinski definition) is 0. The minimum atomic E-state index is 0. The number of para-hydroxylation sites is 3. The predicted molar refractivity (Wildman–Crippen MR) is 386 cm³/mol. The smallest absolute Gasteiger partial charge is 0.0548 e. The normalized spacial score (nSPS) is 11.5. The lowest BCUT2D eigenvalue weighted by molar-refractivity contribution is 1.17. The van der Waals surface area contributed by atoms with Crippen molar-refractivity contribution >= 4 is 89.8 Å². The first-order valence-corrected chi connectivity index (χ1v) is 31.3. The van der Waals surface area contributed by atoms with Crippen LogP contribution >= 0.6 is 15.9 Å². The summed E-state index contributed by atoms with van der Waals surface area (Å²) in [5.41, 5.74) is 26.5. The molecule has 18 rings (SSSR count). The number of fused-ring (bicyclic) bond motifs is 14. The lowest BCUT2D eigenvalue weighted by atomic mass is 9.99. The summed E-state index contributed by atoms with van der Waals surface area (Å²) in [6.45, 7) is 0. The maximum atomic E-state index is 3.42. The Labute approximate surface area is 534 Å². The third-order valence-corrected chi connectivity index (χ3v) is 18.2. The van der Waals surface area contributed by atoms with E-state index in [0.717, 1.165) is 22.3 Å². The maximum Gasteiger partial charge on any atom is 0.0548 e. The van der Waals surface area contributed by atoms with Crippen molar-refractivity contribution in [2.24, 2.45) is 0 Å². The van der Waals surface area contributed by atoms with Crippen molar-refractivity contribution in [2.75, 3.05) is 0 Å². The highest BCUT2D eigenvalue weighted by Gasteiger charge is 2.25. The van der Waals surface area contributed by atoms with Crippen LogP contribution in [-0.2, 0) is 6.42 Å². The number of benzene rings is 14. The zero-order valence-corrected chi connectivity index (χ0v) is 50.9. The van der Waals surface area contributed by atoms with Gasteiger partial charge in [0, 0.05) is 62.3 Å². The zero-order chi connectivity index (χ0) is 59.2. The first-order valence-electron chi connectivity index (χ1n) is 30.5. The lowest BCUT2D eigenvalue weighted by Gasteiger charge is -2.11. The van der Waals surface area contributed by atoms with Crippen molar-refractivity contribution in [2.45, 2.75) is 6.42 Å². The van der Waals surface area contributed by atoms with Crippen LogP contribution in [0.2, 0.25) is 0 Å². The van der Waals surface area contributed by atoms with Gasteiger partial charge in [0.2, 0.25) is 0 Å². The molecule has 0 saturated carbocycles. The molecule has 14 aromatic carbocycles. The van der Waals surface area contributed by atoms with Gasteiger partial charge in [0.25, 0.3) is 0 Å². The highest BCUT2D eigenvalue weighted by atomic mass is 79.9. The van der Waals surface area contributed by atoms with Gasteiger partial charge in [0.05, 0.1) is 33.1 Å². The molecule has 0 amide bonds. The van der Waals surface area contributed by atoms with Crippen molar-refractivity contribution in [3.8, 4) is 72.7 Å². The zero-order valence-electron chi connectivity index (χ0n) is 49.3. The van der Waals surface area contributed by atoms with Gasteiger partial charge in [-0.1, -0.05) is 271 Å². The van der Waals surface area contributed by atoms with E-state index in [-0.39, 0.29) is 8.41 Å². The molecule has 0 atom stereocenters. The molecule has 0 saturated heterocycles. The van der Waals surface area contributed by atoms with E-state index in [1.54, 1.807) is 0 Å². The molecule has 0 fully saturated rings. The van der Waals surface area contributed by atoms with Crippen LogP contribution in [0.4, 0.5) is 0 Å². The Bertz CT molecular complexity index is 5230. The second-order valence-electron chi connectivity index (χ2n) is 22.9. The van der Waals surface area contributed by atoms with Gasteiger partial charge in [-0.3, -0.25) is 0 Å². The van der Waals surface area contributed by atoms with Gasteiger partial charge in [-0.2, -0.15) is 0 Å². The van der Waals surface area contributed by atoms with Crippen LogP contribution in [0.3, 0.4) is 0 Å². The highest BCUT2D eigenvalue weighted by Crippen LogP contribution is 2.47. The summed E-state index contributed by atoms with van der Waals surface area (Å²) >= 11 is 3.42. The fourth-order valence-corrected chi connectivity index (χ4v) is 13.9. The number of nitrogens with zero attached hydrogens (tertiary/aromatic N) is 3. The quantitative estimate of drug-likeness (QED) is 0.141. The second-order valence-corrected chi connectivity index (χ2v) is 23.8. The SMILES string of the molecule is Brc1ccc(-c2ccccc2)cc1.[B].c1ccc(-c2ccc(-n3c4ccccc4c4c5c(ccc43)Cc3ccccc3-5)cc2)cc1.c1ccc(-c2ccc(-n3c4ccccc4c4c5c6ccccc6n(-c6ccc(-c7ccccc7)cc6)c5ccc43)cc2)cc1. The first kappa shape index (κ1) is 55.6. The van der Waals surface area contributed by atoms with E-state index >= 15 is 0 Å². The van der Waals surface area contributed by atoms with Crippen LogP contribution in [0.25, 0.3) is 138 Å². The topological polar surface area (TPSA) is 14.8 Å². The molecule has 423 valence electrons. The van der Waals surface area contributed by atoms with Gasteiger partial charge in [0.15, 0.2) is 0 Å². The molecule has 0 unspecified atom stereocenters. The van der Waals surface area contributed by atoms with Crippen molar-refractivity contribution in [3.05, 3.63) is 355 Å². The molecule has 3 aromatic heterocycles. The van der Waals surface area contributed by atoms with E-state index in [4.69, 9.17) is 0 Å². The van der Waals surface area contributed by atoms with Crippen molar-refractivity contribution in [1.29, 1.82) is 0 Å². The van der Waals surface area contributed by atoms with E-state index < -0.39 is 0 Å². The van der Waals surface area contributed by atoms with Gasteiger partial charge in [-0.15, -0.1) is 0 Å². The van der Waals surface area contributed by atoms with Crippen molar-refractivity contribution < 1.29 is 0 Å². The average molecular weight is 1210 g/mol. The summed E-state index contributed by atoms with van der Waals surface area (Å²) in [6.07, 6.45) is 1.02. The fourth-order valence-electron chi connectivity index (χ4n) is 13.6. The monoisotopic (exact) mass is 1210 g/mol. The Morgan fingerprint density at radius 2 is 0.511 bits per heavy atom. The van der Waals surface area contributed by atoms with E-state index in [0.29, 0.717) is 0 Å². The van der Waals surface area contributed by atoms with Gasteiger partial charge in [-0.05, 0) is 158 Å². The fraction of sp³-hybridized carbons (Fsp3) is 0.0118. The van der Waals surface area contributed by atoms with Crippen LogP contribution in [0.1, 0.15) is 11.1 Å². The Morgan fingerprint density at radius 3 is 0.900 bits per heavy atom. The standard InChI is InChI=1S/C42H28N2.C31H21N.C12H9Br.B/c1-3-11-29(12-4-1)31-19-23-33(24-20-31)43-37-17-9-7-15-35(37)41-39(43)27-28-40-42(41)36-16-8-10-18-38(36)44(40)34-25-21-32(22-26-34)30-13-5-2-6-14-30;1-2-8-21(9-3-1)22-14-17-25(18-15-22)32-28-13-7-6-12-27(28)31-29(32)19-16-24-20-23-10-4-5-11-26(23)30(24)31;13-12-8-6-11(7-9-12)10-4-2-1-3-5-10;/h1-28H;1-19H,20H2;1-9H;. The first-order chi connectivity index (χ1) is 44.1. The average Bonchev–Trinajstić information content (AvgIpc) is 1.59. The third kappa shape index (κ3) is 10.00. The van der Waals surface area contributed by atoms with Gasteiger partial charge >= 0.3 is 0 Å². The van der Waals surface area contributed by atoms with Crippen LogP contribution in [-0.4, -0.2) is 22.1 Å². The van der Waals surface area contributed by atoms with Crippen LogP contribution in [0.15, 0.2) is 344 Å².